The normalized spacial score (nSPS) is 13.2. The van der Waals surface area contributed by atoms with E-state index in [0.717, 1.165) is 6.07 Å². The van der Waals surface area contributed by atoms with Gasteiger partial charge in [0.25, 0.3) is 0 Å². The molecule has 0 saturated carbocycles. The van der Waals surface area contributed by atoms with Gasteiger partial charge in [-0.05, 0) is 23.8 Å². The van der Waals surface area contributed by atoms with Crippen molar-refractivity contribution in [3.8, 4) is 0 Å². The van der Waals surface area contributed by atoms with Crippen molar-refractivity contribution < 1.29 is 53.9 Å². The first-order chi connectivity index (χ1) is 10.3. The number of nitrogens with zero attached hydrogens (tertiary/aromatic N) is 1. The molecule has 1 aliphatic rings. The number of rotatable bonds is 1. The van der Waals surface area contributed by atoms with Crippen molar-refractivity contribution in [3.63, 3.8) is 0 Å². The Balaban J connectivity index is 0.00000144. The molecule has 8 heteroatoms. The molecule has 2 aromatic rings. The van der Waals surface area contributed by atoms with Crippen LogP contribution in [0.15, 0.2) is 36.4 Å². The summed E-state index contributed by atoms with van der Waals surface area (Å²) in [4.78, 5) is 25.1. The molecule has 2 aromatic carbocycles. The molecule has 0 aliphatic carbocycles. The molecule has 122 valence electrons. The van der Waals surface area contributed by atoms with E-state index in [-0.39, 0.29) is 55.4 Å². The summed E-state index contributed by atoms with van der Waals surface area (Å²) in [6, 6.07) is 9.91. The van der Waals surface area contributed by atoms with Crippen LogP contribution in [0.2, 0.25) is 5.02 Å². The summed E-state index contributed by atoms with van der Waals surface area (Å²) in [5.74, 6) is -1.40. The first-order valence-corrected chi connectivity index (χ1v) is 6.45. The fraction of sp³-hybridized carbons (Fsp3) is 0.0625. The van der Waals surface area contributed by atoms with E-state index >= 15 is 0 Å². The number of halogens is 4. The molecule has 0 unspecified atom stereocenters. The molecule has 0 saturated heterocycles. The summed E-state index contributed by atoms with van der Waals surface area (Å²) in [6.45, 7) is 0. The summed E-state index contributed by atoms with van der Waals surface area (Å²) in [6.07, 6.45) is -4.68. The third-order valence-corrected chi connectivity index (χ3v) is 3.55. The fourth-order valence-corrected chi connectivity index (χ4v) is 2.45. The van der Waals surface area contributed by atoms with Gasteiger partial charge in [0.05, 0.1) is 10.6 Å². The van der Waals surface area contributed by atoms with Crippen molar-refractivity contribution in [1.29, 1.82) is 0 Å². The van der Waals surface area contributed by atoms with Gasteiger partial charge < -0.3 is 12.2 Å². The van der Waals surface area contributed by atoms with Gasteiger partial charge >= 0.3 is 37.3 Å². The van der Waals surface area contributed by atoms with Crippen LogP contribution in [0.1, 0.15) is 26.3 Å². The zero-order valence-electron chi connectivity index (χ0n) is 12.2. The molecule has 3 nitrogen and oxygen atoms in total. The number of anilines is 1. The van der Waals surface area contributed by atoms with Crippen LogP contribution in [0.5, 0.6) is 0 Å². The van der Waals surface area contributed by atoms with Crippen LogP contribution in [-0.2, 0) is 6.18 Å². The van der Waals surface area contributed by atoms with Gasteiger partial charge in [0, 0.05) is 5.69 Å². The van der Waals surface area contributed by atoms with Gasteiger partial charge in [0.15, 0.2) is 5.91 Å². The Labute approximate surface area is 165 Å². The number of fused-ring (bicyclic) bond motifs is 1. The molecule has 1 aliphatic heterocycles. The first kappa shape index (κ1) is 20.8. The molecule has 24 heavy (non-hydrogen) atoms. The third kappa shape index (κ3) is 3.39. The Morgan fingerprint density at radius 1 is 1.08 bits per heavy atom. The molecule has 0 aromatic heterocycles. The van der Waals surface area contributed by atoms with E-state index in [1.807, 2.05) is 0 Å². The van der Waals surface area contributed by atoms with Gasteiger partial charge in [0.2, 0.25) is 5.91 Å². The summed E-state index contributed by atoms with van der Waals surface area (Å²) < 4.78 is 38.7. The predicted octanol–water partition coefficient (Wildman–Crippen LogP) is 4.41. The molecule has 0 fully saturated rings. The molecular formula is C16H9ClF3NO2U. The summed E-state index contributed by atoms with van der Waals surface area (Å²) >= 11 is 5.53. The van der Waals surface area contributed by atoms with Crippen LogP contribution in [0.3, 0.4) is 0 Å². The van der Waals surface area contributed by atoms with E-state index in [4.69, 9.17) is 11.6 Å². The second kappa shape index (κ2) is 7.30. The van der Waals surface area contributed by atoms with Crippen LogP contribution in [0, 0.1) is 44.6 Å². The molecule has 0 radical (unpaired) electrons. The van der Waals surface area contributed by atoms with Gasteiger partial charge in [0.1, 0.15) is 0 Å². The van der Waals surface area contributed by atoms with Crippen LogP contribution in [-0.4, -0.2) is 11.8 Å². The standard InChI is InChI=1S/C15H6ClF3NO2.CH3.U/c16-12-6-5-8(7-11(12)15(17,18)19)20-13(21)9-3-1-2-4-10(9)14(20)22;;/h1-3,5-7H;1H3;/q2*-1;+2. The molecule has 3 rings (SSSR count). The number of alkyl halides is 3. The van der Waals surface area contributed by atoms with Gasteiger partial charge in [-0.15, -0.1) is 24.3 Å². The zero-order chi connectivity index (χ0) is 16.1. The van der Waals surface area contributed by atoms with Crippen molar-refractivity contribution in [2.75, 3.05) is 4.90 Å². The number of hydrogen-bond donors (Lipinski definition) is 0. The molecule has 0 N–H and O–H groups in total. The topological polar surface area (TPSA) is 37.4 Å². The largest absolute Gasteiger partial charge is 2.00 e. The van der Waals surface area contributed by atoms with E-state index < -0.39 is 28.6 Å². The Kier molecular flexibility index (Phi) is 6.32. The molecule has 0 atom stereocenters. The van der Waals surface area contributed by atoms with E-state index in [2.05, 4.69) is 6.07 Å². The third-order valence-electron chi connectivity index (χ3n) is 3.22. The van der Waals surface area contributed by atoms with Gasteiger partial charge in [-0.25, -0.2) is 0 Å². The number of hydrogen-bond acceptors (Lipinski definition) is 2. The minimum atomic E-state index is -4.68. The number of amides is 2. The van der Waals surface area contributed by atoms with Crippen LogP contribution in [0.4, 0.5) is 18.9 Å². The molecule has 2 amide bonds. The van der Waals surface area contributed by atoms with Crippen molar-refractivity contribution in [2.24, 2.45) is 0 Å². The minimum Gasteiger partial charge on any atom is -0.358 e. The van der Waals surface area contributed by atoms with E-state index in [9.17, 15) is 22.8 Å². The summed E-state index contributed by atoms with van der Waals surface area (Å²) in [5, 5.41) is -0.501. The van der Waals surface area contributed by atoms with E-state index in [1.165, 1.54) is 24.3 Å². The Morgan fingerprint density at radius 3 is 2.33 bits per heavy atom. The fourth-order valence-electron chi connectivity index (χ4n) is 2.22. The summed E-state index contributed by atoms with van der Waals surface area (Å²) in [5.41, 5.74) is -1.14. The Morgan fingerprint density at radius 2 is 1.75 bits per heavy atom. The zero-order valence-corrected chi connectivity index (χ0v) is 17.2. The van der Waals surface area contributed by atoms with E-state index in [0.29, 0.717) is 11.0 Å². The van der Waals surface area contributed by atoms with Gasteiger partial charge in [-0.3, -0.25) is 9.69 Å². The maximum Gasteiger partial charge on any atom is 2.00 e. The van der Waals surface area contributed by atoms with Crippen molar-refractivity contribution >= 4 is 29.1 Å². The number of benzene rings is 2. The molecule has 0 bridgehead atoms. The maximum atomic E-state index is 12.9. The average Bonchev–Trinajstić information content (AvgIpc) is 2.71. The minimum absolute atomic E-state index is 0. The second-order valence-corrected chi connectivity index (χ2v) is 4.97. The van der Waals surface area contributed by atoms with Crippen molar-refractivity contribution in [1.82, 2.24) is 0 Å². The van der Waals surface area contributed by atoms with Gasteiger partial charge in [-0.2, -0.15) is 13.2 Å². The quantitative estimate of drug-likeness (QED) is 0.372. The van der Waals surface area contributed by atoms with Crippen LogP contribution < -0.4 is 4.90 Å². The SMILES string of the molecule is O=C1c2[c-]cccc2C(=O)N1c1ccc(Cl)c(C(F)(F)F)c1.[CH3-].[U+2]. The average molecular weight is 578 g/mol. The molecule has 0 spiro atoms. The first-order valence-electron chi connectivity index (χ1n) is 6.07. The molecular weight excluding hydrogens is 569 g/mol. The van der Waals surface area contributed by atoms with Gasteiger partial charge in [-0.1, -0.05) is 17.2 Å². The van der Waals surface area contributed by atoms with E-state index in [1.54, 1.807) is 0 Å². The number of imide groups is 1. The monoisotopic (exact) mass is 577 g/mol. The van der Waals surface area contributed by atoms with Crippen LogP contribution >= 0.6 is 11.6 Å². The Bertz CT molecular complexity index is 773. The smallest absolute Gasteiger partial charge is 0.358 e. The predicted molar refractivity (Wildman–Crippen MR) is 79.3 cm³/mol. The molecule has 1 heterocycles. The van der Waals surface area contributed by atoms with Crippen LogP contribution in [0.25, 0.3) is 0 Å². The maximum absolute atomic E-state index is 12.9. The Hall–Kier alpha value is -1.29. The summed E-state index contributed by atoms with van der Waals surface area (Å²) in [7, 11) is 0. The van der Waals surface area contributed by atoms with Crippen molar-refractivity contribution in [3.05, 3.63) is 71.6 Å². The second-order valence-electron chi connectivity index (χ2n) is 4.57. The number of carbonyl (C=O) groups excluding carboxylic acids is 2. The number of carbonyl (C=O) groups is 2. The van der Waals surface area contributed by atoms with Crippen molar-refractivity contribution in [2.45, 2.75) is 6.18 Å².